The van der Waals surface area contributed by atoms with Crippen LogP contribution in [0.1, 0.15) is 25.6 Å². The molecule has 0 bridgehead atoms. The number of hydrogen-bond acceptors (Lipinski definition) is 4. The van der Waals surface area contributed by atoms with Crippen LogP contribution in [-0.4, -0.2) is 33.4 Å². The Bertz CT molecular complexity index is 380. The minimum absolute atomic E-state index is 0.299. The molecule has 0 fully saturated rings. The molecule has 17 heavy (non-hydrogen) atoms. The molecule has 3 atom stereocenters. The van der Waals surface area contributed by atoms with Crippen LogP contribution in [-0.2, 0) is 9.53 Å². The van der Waals surface area contributed by atoms with E-state index >= 15 is 0 Å². The van der Waals surface area contributed by atoms with Crippen LogP contribution in [0.4, 0.5) is 0 Å². The molecule has 1 aromatic rings. The average Bonchev–Trinajstić information content (AvgIpc) is 2.26. The van der Waals surface area contributed by atoms with Crippen molar-refractivity contribution in [2.75, 3.05) is 0 Å². The molecule has 2 N–H and O–H groups in total. The minimum atomic E-state index is -1.17. The summed E-state index contributed by atoms with van der Waals surface area (Å²) in [7, 11) is 0. The number of aliphatic carboxylic acids is 1. The predicted molar refractivity (Wildman–Crippen MR) is 64.5 cm³/mol. The second kappa shape index (κ2) is 6.09. The van der Waals surface area contributed by atoms with Crippen LogP contribution in [0.2, 0.25) is 0 Å². The third-order valence-corrected chi connectivity index (χ3v) is 2.74. The molecule has 0 aliphatic carbocycles. The molecule has 94 valence electrons. The van der Waals surface area contributed by atoms with Crippen molar-refractivity contribution in [3.05, 3.63) is 28.5 Å². The van der Waals surface area contributed by atoms with Crippen LogP contribution in [0.25, 0.3) is 0 Å². The minimum Gasteiger partial charge on any atom is -0.479 e. The lowest BCUT2D eigenvalue weighted by Gasteiger charge is -2.20. The summed E-state index contributed by atoms with van der Waals surface area (Å²) in [6.07, 6.45) is -0.997. The molecule has 0 radical (unpaired) electrons. The first-order valence-electron chi connectivity index (χ1n) is 5.09. The molecule has 6 heteroatoms. The molecule has 5 nitrogen and oxygen atoms in total. The summed E-state index contributed by atoms with van der Waals surface area (Å²) in [6, 6.07) is 3.26. The summed E-state index contributed by atoms with van der Waals surface area (Å²) < 4.78 is 6.03. The van der Waals surface area contributed by atoms with Gasteiger partial charge in [-0.15, -0.1) is 0 Å². The van der Waals surface area contributed by atoms with Crippen LogP contribution in [0.5, 0.6) is 0 Å². The number of carboxylic acid groups (broad SMARTS) is 1. The maximum absolute atomic E-state index is 11.1. The fourth-order valence-electron chi connectivity index (χ4n) is 1.13. The third kappa shape index (κ3) is 4.07. The van der Waals surface area contributed by atoms with Gasteiger partial charge in [0.05, 0.1) is 17.9 Å². The van der Waals surface area contributed by atoms with E-state index in [-0.39, 0.29) is 0 Å². The van der Waals surface area contributed by atoms with Crippen molar-refractivity contribution in [1.82, 2.24) is 4.98 Å². The first-order valence-corrected chi connectivity index (χ1v) is 5.89. The van der Waals surface area contributed by atoms with Crippen molar-refractivity contribution in [2.45, 2.75) is 32.2 Å². The molecule has 0 saturated heterocycles. The van der Waals surface area contributed by atoms with E-state index in [1.54, 1.807) is 26.0 Å². The van der Waals surface area contributed by atoms with Crippen LogP contribution < -0.4 is 0 Å². The Morgan fingerprint density at radius 3 is 2.53 bits per heavy atom. The highest BCUT2D eigenvalue weighted by molar-refractivity contribution is 9.10. The van der Waals surface area contributed by atoms with Crippen LogP contribution in [0.3, 0.4) is 0 Å². The Balaban J connectivity index is 2.86. The van der Waals surface area contributed by atoms with Gasteiger partial charge in [0.15, 0.2) is 6.10 Å². The topological polar surface area (TPSA) is 79.7 Å². The molecule has 0 aliphatic heterocycles. The van der Waals surface area contributed by atoms with Crippen LogP contribution >= 0.6 is 15.9 Å². The Labute approximate surface area is 108 Å². The zero-order valence-corrected chi connectivity index (χ0v) is 11.1. The molecular formula is C11H14BrNO4. The standard InChI is InChI=1S/C11H14BrNO4/c1-6(14)7(2)17-10(11(15)16)9-4-3-8(12)5-13-9/h3-7,10,14H,1-2H3,(H,15,16). The first-order chi connectivity index (χ1) is 7.91. The highest BCUT2D eigenvalue weighted by Gasteiger charge is 2.26. The maximum Gasteiger partial charge on any atom is 0.339 e. The lowest BCUT2D eigenvalue weighted by molar-refractivity contribution is -0.158. The molecule has 0 saturated carbocycles. The molecular weight excluding hydrogens is 290 g/mol. The number of pyridine rings is 1. The number of aromatic nitrogens is 1. The zero-order chi connectivity index (χ0) is 13.0. The smallest absolute Gasteiger partial charge is 0.339 e. The third-order valence-electron chi connectivity index (χ3n) is 2.27. The van der Waals surface area contributed by atoms with E-state index in [2.05, 4.69) is 20.9 Å². The van der Waals surface area contributed by atoms with Crippen molar-refractivity contribution in [2.24, 2.45) is 0 Å². The number of aliphatic hydroxyl groups is 1. The summed E-state index contributed by atoms with van der Waals surface area (Å²) in [5, 5.41) is 18.4. The van der Waals surface area contributed by atoms with Crippen molar-refractivity contribution in [3.8, 4) is 0 Å². The number of carboxylic acids is 1. The molecule has 0 aliphatic rings. The van der Waals surface area contributed by atoms with Gasteiger partial charge in [0.1, 0.15) is 0 Å². The highest BCUT2D eigenvalue weighted by atomic mass is 79.9. The van der Waals surface area contributed by atoms with Gasteiger partial charge >= 0.3 is 5.97 Å². The summed E-state index contributed by atoms with van der Waals surface area (Å²) >= 11 is 3.21. The van der Waals surface area contributed by atoms with Gasteiger partial charge < -0.3 is 14.9 Å². The molecule has 0 spiro atoms. The quantitative estimate of drug-likeness (QED) is 0.866. The van der Waals surface area contributed by atoms with E-state index in [4.69, 9.17) is 9.84 Å². The molecule has 0 amide bonds. The SMILES string of the molecule is CC(O)C(C)OC(C(=O)O)c1ccc(Br)cn1. The van der Waals surface area contributed by atoms with Crippen molar-refractivity contribution < 1.29 is 19.7 Å². The van der Waals surface area contributed by atoms with Gasteiger partial charge in [-0.05, 0) is 41.9 Å². The Morgan fingerprint density at radius 2 is 2.12 bits per heavy atom. The van der Waals surface area contributed by atoms with E-state index in [1.165, 1.54) is 6.20 Å². The van der Waals surface area contributed by atoms with Crippen molar-refractivity contribution in [1.29, 1.82) is 0 Å². The molecule has 1 rings (SSSR count). The fourth-order valence-corrected chi connectivity index (χ4v) is 1.36. The Hall–Kier alpha value is -0.980. The van der Waals surface area contributed by atoms with E-state index in [0.29, 0.717) is 5.69 Å². The summed E-state index contributed by atoms with van der Waals surface area (Å²) in [4.78, 5) is 15.1. The second-order valence-corrected chi connectivity index (χ2v) is 4.62. The van der Waals surface area contributed by atoms with E-state index < -0.39 is 24.3 Å². The predicted octanol–water partition coefficient (Wildman–Crippen LogP) is 1.76. The van der Waals surface area contributed by atoms with Crippen LogP contribution in [0.15, 0.2) is 22.8 Å². The lowest BCUT2D eigenvalue weighted by atomic mass is 10.2. The number of carbonyl (C=O) groups is 1. The number of rotatable bonds is 5. The molecule has 0 aromatic carbocycles. The van der Waals surface area contributed by atoms with Gasteiger partial charge in [-0.2, -0.15) is 0 Å². The van der Waals surface area contributed by atoms with Gasteiger partial charge in [0.25, 0.3) is 0 Å². The number of nitrogens with zero attached hydrogens (tertiary/aromatic N) is 1. The average molecular weight is 304 g/mol. The van der Waals surface area contributed by atoms with Gasteiger partial charge in [-0.1, -0.05) is 0 Å². The largest absolute Gasteiger partial charge is 0.479 e. The number of halogens is 1. The van der Waals surface area contributed by atoms with Gasteiger partial charge in [-0.3, -0.25) is 4.98 Å². The summed E-state index contributed by atoms with van der Waals surface area (Å²) in [5.41, 5.74) is 0.299. The Morgan fingerprint density at radius 1 is 1.47 bits per heavy atom. The van der Waals surface area contributed by atoms with Crippen LogP contribution in [0, 0.1) is 0 Å². The number of ether oxygens (including phenoxy) is 1. The van der Waals surface area contributed by atoms with Gasteiger partial charge in [0.2, 0.25) is 0 Å². The molecule has 3 unspecified atom stereocenters. The second-order valence-electron chi connectivity index (χ2n) is 3.70. The number of aliphatic hydroxyl groups excluding tert-OH is 1. The highest BCUT2D eigenvalue weighted by Crippen LogP contribution is 2.20. The molecule has 1 aromatic heterocycles. The van der Waals surface area contributed by atoms with Gasteiger partial charge in [0, 0.05) is 10.7 Å². The normalized spacial score (nSPS) is 16.2. The first kappa shape index (κ1) is 14.1. The fraction of sp³-hybridized carbons (Fsp3) is 0.455. The lowest BCUT2D eigenvalue weighted by Crippen LogP contribution is -2.28. The summed E-state index contributed by atoms with van der Waals surface area (Å²) in [5.74, 6) is -1.13. The summed E-state index contributed by atoms with van der Waals surface area (Å²) in [6.45, 7) is 3.15. The Kier molecular flexibility index (Phi) is 5.04. The van der Waals surface area contributed by atoms with Crippen molar-refractivity contribution >= 4 is 21.9 Å². The monoisotopic (exact) mass is 303 g/mol. The zero-order valence-electron chi connectivity index (χ0n) is 9.50. The van der Waals surface area contributed by atoms with E-state index in [9.17, 15) is 9.90 Å². The van der Waals surface area contributed by atoms with Gasteiger partial charge in [-0.25, -0.2) is 4.79 Å². The van der Waals surface area contributed by atoms with Crippen molar-refractivity contribution in [3.63, 3.8) is 0 Å². The number of hydrogen-bond donors (Lipinski definition) is 2. The van der Waals surface area contributed by atoms with E-state index in [0.717, 1.165) is 4.47 Å². The van der Waals surface area contributed by atoms with E-state index in [1.807, 2.05) is 0 Å². The molecule has 1 heterocycles. The maximum atomic E-state index is 11.1.